The number of hydrogen-bond acceptors (Lipinski definition) is 4. The number of fused-ring (bicyclic) bond motifs is 1. The number of ether oxygens (including phenoxy) is 2. The van der Waals surface area contributed by atoms with Crippen molar-refractivity contribution in [1.29, 1.82) is 0 Å². The first-order chi connectivity index (χ1) is 10.9. The van der Waals surface area contributed by atoms with E-state index in [1.807, 2.05) is 29.2 Å². The Morgan fingerprint density at radius 3 is 2.91 bits per heavy atom. The van der Waals surface area contributed by atoms with Gasteiger partial charge in [-0.15, -0.1) is 0 Å². The van der Waals surface area contributed by atoms with Crippen LogP contribution in [0.4, 0.5) is 0 Å². The lowest BCUT2D eigenvalue weighted by molar-refractivity contribution is -0.0295. The van der Waals surface area contributed by atoms with Gasteiger partial charge in [0.2, 0.25) is 0 Å². The average molecular weight is 299 g/mol. The van der Waals surface area contributed by atoms with Crippen molar-refractivity contribution in [2.75, 3.05) is 19.8 Å². The number of rotatable bonds is 6. The number of aromatic nitrogens is 3. The van der Waals surface area contributed by atoms with Crippen LogP contribution in [-0.4, -0.2) is 34.6 Å². The Hall–Kier alpha value is -1.72. The van der Waals surface area contributed by atoms with Crippen molar-refractivity contribution in [1.82, 2.24) is 14.8 Å². The molecule has 0 radical (unpaired) electrons. The largest absolute Gasteiger partial charge is 0.378 e. The minimum Gasteiger partial charge on any atom is -0.378 e. The highest BCUT2D eigenvalue weighted by Crippen LogP contribution is 2.30. The zero-order chi connectivity index (χ0) is 14.8. The molecule has 116 valence electrons. The van der Waals surface area contributed by atoms with Gasteiger partial charge in [0, 0.05) is 25.2 Å². The van der Waals surface area contributed by atoms with Crippen LogP contribution in [-0.2, 0) is 22.4 Å². The fourth-order valence-electron chi connectivity index (χ4n) is 2.84. The van der Waals surface area contributed by atoms with Crippen LogP contribution in [0.15, 0.2) is 30.7 Å². The summed E-state index contributed by atoms with van der Waals surface area (Å²) >= 11 is 0. The minimum absolute atomic E-state index is 0.0128. The maximum Gasteiger partial charge on any atom is 0.125 e. The normalized spacial score (nSPS) is 20.8. The summed E-state index contributed by atoms with van der Waals surface area (Å²) in [5.74, 6) is 0.785. The van der Waals surface area contributed by atoms with Crippen LogP contribution in [0.1, 0.15) is 35.8 Å². The van der Waals surface area contributed by atoms with Gasteiger partial charge >= 0.3 is 0 Å². The van der Waals surface area contributed by atoms with Gasteiger partial charge < -0.3 is 9.47 Å². The number of hydrogen-bond donors (Lipinski definition) is 0. The molecule has 0 N–H and O–H groups in total. The molecule has 3 heterocycles. The Kier molecular flexibility index (Phi) is 3.91. The van der Waals surface area contributed by atoms with Gasteiger partial charge in [0.05, 0.1) is 25.5 Å². The van der Waals surface area contributed by atoms with Gasteiger partial charge in [-0.3, -0.25) is 9.67 Å². The van der Waals surface area contributed by atoms with E-state index in [2.05, 4.69) is 11.2 Å². The smallest absolute Gasteiger partial charge is 0.125 e. The molecule has 1 atom stereocenters. The molecule has 22 heavy (non-hydrogen) atoms. The lowest BCUT2D eigenvalue weighted by Gasteiger charge is -2.21. The van der Waals surface area contributed by atoms with Gasteiger partial charge in [-0.2, -0.15) is 5.10 Å². The molecule has 4 rings (SSSR count). The first-order valence-electron chi connectivity index (χ1n) is 8.03. The van der Waals surface area contributed by atoms with E-state index in [1.54, 1.807) is 0 Å². The summed E-state index contributed by atoms with van der Waals surface area (Å²) in [6.45, 7) is 3.01. The fourth-order valence-corrected chi connectivity index (χ4v) is 2.84. The average Bonchev–Trinajstić information content (AvgIpc) is 3.27. The number of pyridine rings is 1. The number of nitrogens with zero attached hydrogens (tertiary/aromatic N) is 3. The molecule has 0 amide bonds. The van der Waals surface area contributed by atoms with Crippen LogP contribution in [0, 0.1) is 5.92 Å². The lowest BCUT2D eigenvalue weighted by Crippen LogP contribution is -2.20. The monoisotopic (exact) mass is 299 g/mol. The summed E-state index contributed by atoms with van der Waals surface area (Å²) in [4.78, 5) is 4.05. The Labute approximate surface area is 130 Å². The molecule has 1 saturated carbocycles. The molecular formula is C17H21N3O2. The molecular weight excluding hydrogens is 278 g/mol. The third-order valence-electron chi connectivity index (χ3n) is 4.28. The predicted molar refractivity (Wildman–Crippen MR) is 81.5 cm³/mol. The van der Waals surface area contributed by atoms with Gasteiger partial charge in [0.15, 0.2) is 0 Å². The predicted octanol–water partition coefficient (Wildman–Crippen LogP) is 2.37. The molecule has 5 nitrogen and oxygen atoms in total. The van der Waals surface area contributed by atoms with Gasteiger partial charge in [-0.25, -0.2) is 0 Å². The summed E-state index contributed by atoms with van der Waals surface area (Å²) in [6.07, 6.45) is 9.33. The molecule has 2 aromatic heterocycles. The second kappa shape index (κ2) is 6.18. The van der Waals surface area contributed by atoms with E-state index < -0.39 is 0 Å². The molecule has 1 fully saturated rings. The Bertz CT molecular complexity index is 622. The van der Waals surface area contributed by atoms with Crippen molar-refractivity contribution in [3.8, 4) is 0 Å². The first kappa shape index (κ1) is 13.9. The van der Waals surface area contributed by atoms with Crippen molar-refractivity contribution < 1.29 is 9.47 Å². The van der Waals surface area contributed by atoms with Crippen molar-refractivity contribution in [3.05, 3.63) is 47.5 Å². The molecule has 2 aromatic rings. The first-order valence-corrected chi connectivity index (χ1v) is 8.03. The van der Waals surface area contributed by atoms with Crippen molar-refractivity contribution in [2.45, 2.75) is 31.9 Å². The molecule has 0 unspecified atom stereocenters. The zero-order valence-electron chi connectivity index (χ0n) is 12.6. The van der Waals surface area contributed by atoms with Crippen molar-refractivity contribution >= 4 is 0 Å². The van der Waals surface area contributed by atoms with E-state index in [0.717, 1.165) is 37.8 Å². The Morgan fingerprint density at radius 2 is 2.09 bits per heavy atom. The molecule has 1 aliphatic heterocycles. The molecule has 0 bridgehead atoms. The highest BCUT2D eigenvalue weighted by Gasteiger charge is 2.27. The maximum absolute atomic E-state index is 5.86. The van der Waals surface area contributed by atoms with Gasteiger partial charge in [0.25, 0.3) is 0 Å². The molecule has 0 aromatic carbocycles. The van der Waals surface area contributed by atoms with Gasteiger partial charge in [-0.05, 0) is 48.4 Å². The van der Waals surface area contributed by atoms with E-state index in [-0.39, 0.29) is 6.10 Å². The fraction of sp³-hybridized carbons (Fsp3) is 0.529. The quantitative estimate of drug-likeness (QED) is 0.821. The molecule has 2 aliphatic rings. The SMILES string of the molecule is c1cc(Cn2cc3c(n2)[C@H](COCC2CC2)OCC3)ccn1. The van der Waals surface area contributed by atoms with Crippen LogP contribution in [0.2, 0.25) is 0 Å². The van der Waals surface area contributed by atoms with E-state index in [1.165, 1.54) is 24.0 Å². The van der Waals surface area contributed by atoms with Gasteiger partial charge in [0.1, 0.15) is 6.10 Å². The summed E-state index contributed by atoms with van der Waals surface area (Å²) in [5.41, 5.74) is 3.55. The van der Waals surface area contributed by atoms with Crippen molar-refractivity contribution in [3.63, 3.8) is 0 Å². The standard InChI is InChI=1S/C17H21N3O2/c1-2-14(1)11-21-12-16-17-15(5-8-22-16)10-20(19-17)9-13-3-6-18-7-4-13/h3-4,6-7,10,14,16H,1-2,5,8-9,11-12H2/t16-/m0/s1. The van der Waals surface area contributed by atoms with Crippen LogP contribution in [0.25, 0.3) is 0 Å². The zero-order valence-corrected chi connectivity index (χ0v) is 12.6. The molecule has 0 saturated heterocycles. The van der Waals surface area contributed by atoms with E-state index in [9.17, 15) is 0 Å². The van der Waals surface area contributed by atoms with Crippen LogP contribution >= 0.6 is 0 Å². The Morgan fingerprint density at radius 1 is 1.23 bits per heavy atom. The molecule has 1 aliphatic carbocycles. The van der Waals surface area contributed by atoms with Gasteiger partial charge in [-0.1, -0.05) is 0 Å². The lowest BCUT2D eigenvalue weighted by atomic mass is 10.1. The minimum atomic E-state index is -0.0128. The summed E-state index contributed by atoms with van der Waals surface area (Å²) in [7, 11) is 0. The molecule has 5 heteroatoms. The second-order valence-electron chi connectivity index (χ2n) is 6.18. The topological polar surface area (TPSA) is 49.2 Å². The van der Waals surface area contributed by atoms with E-state index >= 15 is 0 Å². The maximum atomic E-state index is 5.86. The van der Waals surface area contributed by atoms with Crippen LogP contribution in [0.5, 0.6) is 0 Å². The van der Waals surface area contributed by atoms with Crippen LogP contribution in [0.3, 0.4) is 0 Å². The van der Waals surface area contributed by atoms with Crippen molar-refractivity contribution in [2.24, 2.45) is 5.92 Å². The summed E-state index contributed by atoms with van der Waals surface area (Å²) in [6, 6.07) is 4.04. The summed E-state index contributed by atoms with van der Waals surface area (Å²) < 4.78 is 13.7. The molecule has 0 spiro atoms. The van der Waals surface area contributed by atoms with E-state index in [4.69, 9.17) is 14.6 Å². The second-order valence-corrected chi connectivity index (χ2v) is 6.18. The summed E-state index contributed by atoms with van der Waals surface area (Å²) in [5, 5.41) is 4.73. The Balaban J connectivity index is 1.44. The van der Waals surface area contributed by atoms with E-state index in [0.29, 0.717) is 6.61 Å². The third-order valence-corrected chi connectivity index (χ3v) is 4.28. The third kappa shape index (κ3) is 3.20. The van der Waals surface area contributed by atoms with Crippen LogP contribution < -0.4 is 0 Å². The highest BCUT2D eigenvalue weighted by atomic mass is 16.5. The highest BCUT2D eigenvalue weighted by molar-refractivity contribution is 5.23.